The standard InChI is InChI=1S/C13H14N2O3/c1-7-4-10-11(5-8(7)2)14-12(15-13(10)17)6-18-9(3)16/h4-5H,6H2,1-3H3,(H,14,15,17). The molecule has 94 valence electrons. The van der Waals surface area contributed by atoms with Gasteiger partial charge in [0.2, 0.25) is 0 Å². The van der Waals surface area contributed by atoms with E-state index in [1.807, 2.05) is 26.0 Å². The number of rotatable bonds is 2. The summed E-state index contributed by atoms with van der Waals surface area (Å²) in [5, 5.41) is 0.546. The van der Waals surface area contributed by atoms with E-state index in [9.17, 15) is 9.59 Å². The Morgan fingerprint density at radius 2 is 2.00 bits per heavy atom. The van der Waals surface area contributed by atoms with Crippen molar-refractivity contribution >= 4 is 16.9 Å². The van der Waals surface area contributed by atoms with E-state index in [1.165, 1.54) is 6.92 Å². The molecule has 0 spiro atoms. The molecule has 5 nitrogen and oxygen atoms in total. The lowest BCUT2D eigenvalue weighted by Gasteiger charge is -2.05. The summed E-state index contributed by atoms with van der Waals surface area (Å²) in [6.45, 7) is 5.20. The molecular formula is C13H14N2O3. The Kier molecular flexibility index (Phi) is 3.14. The topological polar surface area (TPSA) is 72.0 Å². The number of aryl methyl sites for hydroxylation is 2. The van der Waals surface area contributed by atoms with E-state index in [4.69, 9.17) is 4.74 Å². The molecule has 0 aliphatic carbocycles. The second-order valence-electron chi connectivity index (χ2n) is 4.25. The predicted molar refractivity (Wildman–Crippen MR) is 67.3 cm³/mol. The van der Waals surface area contributed by atoms with E-state index >= 15 is 0 Å². The van der Waals surface area contributed by atoms with Gasteiger partial charge in [-0.05, 0) is 37.1 Å². The number of esters is 1. The molecule has 2 aromatic rings. The number of H-pyrrole nitrogens is 1. The van der Waals surface area contributed by atoms with E-state index < -0.39 is 5.97 Å². The van der Waals surface area contributed by atoms with Crippen LogP contribution in [0.25, 0.3) is 10.9 Å². The summed E-state index contributed by atoms with van der Waals surface area (Å²) in [6.07, 6.45) is 0. The van der Waals surface area contributed by atoms with Crippen LogP contribution < -0.4 is 5.56 Å². The van der Waals surface area contributed by atoms with E-state index in [0.29, 0.717) is 16.7 Å². The molecule has 0 aliphatic heterocycles. The van der Waals surface area contributed by atoms with Crippen LogP contribution >= 0.6 is 0 Å². The van der Waals surface area contributed by atoms with Crippen molar-refractivity contribution in [2.75, 3.05) is 0 Å². The number of nitrogens with one attached hydrogen (secondary N) is 1. The van der Waals surface area contributed by atoms with Gasteiger partial charge in [-0.3, -0.25) is 9.59 Å². The Morgan fingerprint density at radius 1 is 1.33 bits per heavy atom. The maximum Gasteiger partial charge on any atom is 0.303 e. The lowest BCUT2D eigenvalue weighted by atomic mass is 10.1. The van der Waals surface area contributed by atoms with Gasteiger partial charge in [-0.1, -0.05) is 0 Å². The van der Waals surface area contributed by atoms with Crippen LogP contribution in [0, 0.1) is 13.8 Å². The number of carbonyl (C=O) groups excluding carboxylic acids is 1. The Morgan fingerprint density at radius 3 is 2.67 bits per heavy atom. The molecule has 1 aromatic heterocycles. The van der Waals surface area contributed by atoms with E-state index in [-0.39, 0.29) is 12.2 Å². The second-order valence-corrected chi connectivity index (χ2v) is 4.25. The molecule has 5 heteroatoms. The minimum atomic E-state index is -0.405. The Labute approximate surface area is 104 Å². The molecule has 0 radical (unpaired) electrons. The molecule has 0 atom stereocenters. The summed E-state index contributed by atoms with van der Waals surface area (Å²) in [6, 6.07) is 3.67. The number of aromatic nitrogens is 2. The molecule has 1 aromatic carbocycles. The van der Waals surface area contributed by atoms with Crippen LogP contribution in [-0.2, 0) is 16.1 Å². The summed E-state index contributed by atoms with van der Waals surface area (Å²) in [5.41, 5.74) is 2.51. The fourth-order valence-corrected chi connectivity index (χ4v) is 1.69. The normalized spacial score (nSPS) is 10.6. The zero-order valence-corrected chi connectivity index (χ0v) is 10.5. The summed E-state index contributed by atoms with van der Waals surface area (Å²) < 4.78 is 4.81. The molecule has 1 N–H and O–H groups in total. The van der Waals surface area contributed by atoms with Crippen LogP contribution in [-0.4, -0.2) is 15.9 Å². The van der Waals surface area contributed by atoms with Gasteiger partial charge in [-0.2, -0.15) is 0 Å². The maximum atomic E-state index is 11.9. The highest BCUT2D eigenvalue weighted by atomic mass is 16.5. The molecule has 1 heterocycles. The van der Waals surface area contributed by atoms with Gasteiger partial charge < -0.3 is 9.72 Å². The molecule has 0 bridgehead atoms. The molecule has 0 fully saturated rings. The van der Waals surface area contributed by atoms with Gasteiger partial charge in [0, 0.05) is 6.92 Å². The van der Waals surface area contributed by atoms with Gasteiger partial charge in [0.15, 0.2) is 0 Å². The summed E-state index contributed by atoms with van der Waals surface area (Å²) in [4.78, 5) is 29.5. The van der Waals surface area contributed by atoms with E-state index in [1.54, 1.807) is 0 Å². The van der Waals surface area contributed by atoms with Crippen molar-refractivity contribution < 1.29 is 9.53 Å². The largest absolute Gasteiger partial charge is 0.458 e. The van der Waals surface area contributed by atoms with Crippen molar-refractivity contribution in [2.45, 2.75) is 27.4 Å². The second kappa shape index (κ2) is 4.60. The average Bonchev–Trinajstić information content (AvgIpc) is 2.29. The highest BCUT2D eigenvalue weighted by Crippen LogP contribution is 2.14. The third-order valence-corrected chi connectivity index (χ3v) is 2.78. The van der Waals surface area contributed by atoms with Crippen LogP contribution in [0.2, 0.25) is 0 Å². The molecule has 0 saturated heterocycles. The number of hydrogen-bond acceptors (Lipinski definition) is 4. The fourth-order valence-electron chi connectivity index (χ4n) is 1.69. The van der Waals surface area contributed by atoms with Gasteiger partial charge in [-0.25, -0.2) is 4.98 Å². The van der Waals surface area contributed by atoms with Crippen molar-refractivity contribution in [2.24, 2.45) is 0 Å². The van der Waals surface area contributed by atoms with Crippen LogP contribution in [0.5, 0.6) is 0 Å². The fraction of sp³-hybridized carbons (Fsp3) is 0.308. The molecule has 0 amide bonds. The van der Waals surface area contributed by atoms with Gasteiger partial charge in [0.05, 0.1) is 10.9 Å². The van der Waals surface area contributed by atoms with Crippen LogP contribution in [0.1, 0.15) is 23.9 Å². The first-order valence-electron chi connectivity index (χ1n) is 5.61. The number of ether oxygens (including phenoxy) is 1. The highest BCUT2D eigenvalue weighted by molar-refractivity contribution is 5.79. The smallest absolute Gasteiger partial charge is 0.303 e. The number of hydrogen-bond donors (Lipinski definition) is 1. The Balaban J connectivity index is 2.51. The van der Waals surface area contributed by atoms with E-state index in [0.717, 1.165) is 11.1 Å². The van der Waals surface area contributed by atoms with Crippen molar-refractivity contribution in [1.82, 2.24) is 9.97 Å². The van der Waals surface area contributed by atoms with E-state index in [2.05, 4.69) is 9.97 Å². The first-order chi connectivity index (χ1) is 8.47. The lowest BCUT2D eigenvalue weighted by molar-refractivity contribution is -0.142. The molecule has 0 unspecified atom stereocenters. The monoisotopic (exact) mass is 246 g/mol. The first kappa shape index (κ1) is 12.3. The third kappa shape index (κ3) is 2.40. The molecule has 2 rings (SSSR count). The molecule has 18 heavy (non-hydrogen) atoms. The van der Waals surface area contributed by atoms with Gasteiger partial charge in [0.1, 0.15) is 12.4 Å². The minimum absolute atomic E-state index is 0.0204. The van der Waals surface area contributed by atoms with Crippen molar-refractivity contribution in [1.29, 1.82) is 0 Å². The third-order valence-electron chi connectivity index (χ3n) is 2.78. The van der Waals surface area contributed by atoms with Crippen molar-refractivity contribution in [3.8, 4) is 0 Å². The SMILES string of the molecule is CC(=O)OCc1nc2cc(C)c(C)cc2c(=O)[nH]1. The van der Waals surface area contributed by atoms with Gasteiger partial charge >= 0.3 is 5.97 Å². The number of aromatic amines is 1. The van der Waals surface area contributed by atoms with Gasteiger partial charge in [-0.15, -0.1) is 0 Å². The molecule has 0 aliphatic rings. The zero-order valence-electron chi connectivity index (χ0n) is 10.5. The van der Waals surface area contributed by atoms with Crippen LogP contribution in [0.15, 0.2) is 16.9 Å². The Bertz CT molecular complexity index is 674. The Hall–Kier alpha value is -2.17. The average molecular weight is 246 g/mol. The number of fused-ring (bicyclic) bond motifs is 1. The van der Waals surface area contributed by atoms with Crippen LogP contribution in [0.4, 0.5) is 0 Å². The maximum absolute atomic E-state index is 11.9. The first-order valence-corrected chi connectivity index (χ1v) is 5.61. The molecular weight excluding hydrogens is 232 g/mol. The summed E-state index contributed by atoms with van der Waals surface area (Å²) >= 11 is 0. The number of carbonyl (C=O) groups is 1. The summed E-state index contributed by atoms with van der Waals surface area (Å²) in [5.74, 6) is -0.0521. The lowest BCUT2D eigenvalue weighted by Crippen LogP contribution is -2.14. The predicted octanol–water partition coefficient (Wildman–Crippen LogP) is 1.60. The number of benzene rings is 1. The quantitative estimate of drug-likeness (QED) is 0.817. The van der Waals surface area contributed by atoms with Crippen molar-refractivity contribution in [3.63, 3.8) is 0 Å². The zero-order chi connectivity index (χ0) is 13.3. The summed E-state index contributed by atoms with van der Waals surface area (Å²) in [7, 11) is 0. The minimum Gasteiger partial charge on any atom is -0.458 e. The highest BCUT2D eigenvalue weighted by Gasteiger charge is 2.06. The van der Waals surface area contributed by atoms with Crippen molar-refractivity contribution in [3.05, 3.63) is 39.4 Å². The van der Waals surface area contributed by atoms with Gasteiger partial charge in [0.25, 0.3) is 5.56 Å². The van der Waals surface area contributed by atoms with Crippen LogP contribution in [0.3, 0.4) is 0 Å². The number of nitrogens with zero attached hydrogens (tertiary/aromatic N) is 1. The molecule has 0 saturated carbocycles.